The Bertz CT molecular complexity index is 1120. The molecule has 0 radical (unpaired) electrons. The summed E-state index contributed by atoms with van der Waals surface area (Å²) in [4.78, 5) is 23.5. The zero-order valence-corrected chi connectivity index (χ0v) is 17.3. The number of anilines is 1. The lowest BCUT2D eigenvalue weighted by Gasteiger charge is -2.10. The third-order valence-corrected chi connectivity index (χ3v) is 4.33. The Morgan fingerprint density at radius 2 is 1.87 bits per heavy atom. The zero-order valence-electron chi connectivity index (χ0n) is 16.6. The van der Waals surface area contributed by atoms with Crippen LogP contribution in [0.3, 0.4) is 0 Å². The van der Waals surface area contributed by atoms with Gasteiger partial charge in [-0.15, -0.1) is 0 Å². The second-order valence-electron chi connectivity index (χ2n) is 6.56. The Hall–Kier alpha value is -3.71. The van der Waals surface area contributed by atoms with Gasteiger partial charge in [0.1, 0.15) is 18.2 Å². The van der Waals surface area contributed by atoms with Crippen molar-refractivity contribution in [1.82, 2.24) is 5.43 Å². The SMILES string of the molecule is CC(=O)Nc1cccc(C(=O)N/N=C\c2cc(Cl)ccc2OCc2ccc(F)cc2)c1. The van der Waals surface area contributed by atoms with E-state index in [2.05, 4.69) is 15.8 Å². The first kappa shape index (κ1) is 22.0. The zero-order chi connectivity index (χ0) is 22.2. The van der Waals surface area contributed by atoms with Gasteiger partial charge >= 0.3 is 0 Å². The van der Waals surface area contributed by atoms with Crippen molar-refractivity contribution < 1.29 is 18.7 Å². The van der Waals surface area contributed by atoms with Gasteiger partial charge in [0.2, 0.25) is 5.91 Å². The van der Waals surface area contributed by atoms with E-state index in [0.29, 0.717) is 27.6 Å². The second kappa shape index (κ2) is 10.4. The molecule has 0 aliphatic heterocycles. The number of carbonyl (C=O) groups excluding carboxylic acids is 2. The number of hydrogen-bond acceptors (Lipinski definition) is 4. The number of nitrogens with zero attached hydrogens (tertiary/aromatic N) is 1. The first-order valence-corrected chi connectivity index (χ1v) is 9.66. The molecule has 0 saturated carbocycles. The lowest BCUT2D eigenvalue weighted by Crippen LogP contribution is -2.18. The van der Waals surface area contributed by atoms with Crippen LogP contribution in [-0.2, 0) is 11.4 Å². The van der Waals surface area contributed by atoms with Gasteiger partial charge in [-0.2, -0.15) is 5.10 Å². The van der Waals surface area contributed by atoms with E-state index in [0.717, 1.165) is 5.56 Å². The van der Waals surface area contributed by atoms with Gasteiger partial charge in [0.25, 0.3) is 5.91 Å². The summed E-state index contributed by atoms with van der Waals surface area (Å²) in [6.07, 6.45) is 1.42. The van der Waals surface area contributed by atoms with Crippen LogP contribution in [-0.4, -0.2) is 18.0 Å². The maximum Gasteiger partial charge on any atom is 0.271 e. The van der Waals surface area contributed by atoms with Crippen molar-refractivity contribution in [3.8, 4) is 5.75 Å². The van der Waals surface area contributed by atoms with E-state index in [1.54, 1.807) is 54.6 Å². The van der Waals surface area contributed by atoms with Gasteiger partial charge in [0.15, 0.2) is 0 Å². The van der Waals surface area contributed by atoms with Crippen LogP contribution >= 0.6 is 11.6 Å². The average Bonchev–Trinajstić information content (AvgIpc) is 2.74. The van der Waals surface area contributed by atoms with E-state index < -0.39 is 5.91 Å². The normalized spacial score (nSPS) is 10.7. The van der Waals surface area contributed by atoms with Crippen molar-refractivity contribution >= 4 is 35.3 Å². The largest absolute Gasteiger partial charge is 0.488 e. The standard InChI is InChI=1S/C23H19ClFN3O3/c1-15(29)27-21-4-2-3-17(12-21)23(30)28-26-13-18-11-19(24)7-10-22(18)31-14-16-5-8-20(25)9-6-16/h2-13H,14H2,1H3,(H,27,29)(H,28,30)/b26-13-. The van der Waals surface area contributed by atoms with Crippen LogP contribution in [0.25, 0.3) is 0 Å². The van der Waals surface area contributed by atoms with Gasteiger partial charge in [0, 0.05) is 28.8 Å². The number of hydrazone groups is 1. The molecule has 8 heteroatoms. The van der Waals surface area contributed by atoms with Gasteiger partial charge in [0.05, 0.1) is 6.21 Å². The number of nitrogens with one attached hydrogen (secondary N) is 2. The molecule has 31 heavy (non-hydrogen) atoms. The number of amides is 2. The number of hydrogen-bond donors (Lipinski definition) is 2. The Kier molecular flexibility index (Phi) is 7.35. The minimum atomic E-state index is -0.445. The first-order chi connectivity index (χ1) is 14.9. The van der Waals surface area contributed by atoms with Crippen molar-refractivity contribution in [3.05, 3.63) is 94.3 Å². The molecule has 0 aliphatic rings. The van der Waals surface area contributed by atoms with Crippen LogP contribution in [0.2, 0.25) is 5.02 Å². The fraction of sp³-hybridized carbons (Fsp3) is 0.0870. The molecule has 0 bridgehead atoms. The molecule has 0 aromatic heterocycles. The summed E-state index contributed by atoms with van der Waals surface area (Å²) in [7, 11) is 0. The van der Waals surface area contributed by atoms with Gasteiger partial charge in [-0.1, -0.05) is 29.8 Å². The van der Waals surface area contributed by atoms with Crippen LogP contribution in [0.15, 0.2) is 71.8 Å². The highest BCUT2D eigenvalue weighted by Crippen LogP contribution is 2.22. The molecule has 0 fully saturated rings. The second-order valence-corrected chi connectivity index (χ2v) is 6.99. The molecule has 3 rings (SSSR count). The lowest BCUT2D eigenvalue weighted by atomic mass is 10.2. The molecule has 3 aromatic carbocycles. The number of benzene rings is 3. The van der Waals surface area contributed by atoms with Crippen molar-refractivity contribution in [2.75, 3.05) is 5.32 Å². The maximum absolute atomic E-state index is 13.0. The molecule has 0 heterocycles. The summed E-state index contributed by atoms with van der Waals surface area (Å²) in [5.74, 6) is -0.496. The van der Waals surface area contributed by atoms with E-state index >= 15 is 0 Å². The molecule has 0 unspecified atom stereocenters. The van der Waals surface area contributed by atoms with Crippen LogP contribution in [0.4, 0.5) is 10.1 Å². The topological polar surface area (TPSA) is 79.8 Å². The number of carbonyl (C=O) groups is 2. The van der Waals surface area contributed by atoms with Crippen molar-refractivity contribution in [2.45, 2.75) is 13.5 Å². The van der Waals surface area contributed by atoms with Crippen LogP contribution in [0.5, 0.6) is 5.75 Å². The molecule has 0 spiro atoms. The fourth-order valence-corrected chi connectivity index (χ4v) is 2.84. The summed E-state index contributed by atoms with van der Waals surface area (Å²) in [6.45, 7) is 1.61. The highest BCUT2D eigenvalue weighted by molar-refractivity contribution is 6.30. The monoisotopic (exact) mass is 439 g/mol. The Morgan fingerprint density at radius 3 is 2.61 bits per heavy atom. The Balaban J connectivity index is 1.67. The molecular formula is C23H19ClFN3O3. The van der Waals surface area contributed by atoms with E-state index in [-0.39, 0.29) is 18.3 Å². The maximum atomic E-state index is 13.0. The summed E-state index contributed by atoms with van der Waals surface area (Å²) in [6, 6.07) is 17.5. The lowest BCUT2D eigenvalue weighted by molar-refractivity contribution is -0.114. The van der Waals surface area contributed by atoms with E-state index in [9.17, 15) is 14.0 Å². The van der Waals surface area contributed by atoms with E-state index in [1.807, 2.05) is 0 Å². The van der Waals surface area contributed by atoms with Gasteiger partial charge < -0.3 is 10.1 Å². The Labute approximate surface area is 183 Å². The molecule has 2 amide bonds. The highest BCUT2D eigenvalue weighted by atomic mass is 35.5. The van der Waals surface area contributed by atoms with Crippen molar-refractivity contribution in [1.29, 1.82) is 0 Å². The molecule has 0 aliphatic carbocycles. The fourth-order valence-electron chi connectivity index (χ4n) is 2.66. The molecule has 2 N–H and O–H groups in total. The van der Waals surface area contributed by atoms with Crippen LogP contribution in [0, 0.1) is 5.82 Å². The third kappa shape index (κ3) is 6.65. The molecular weight excluding hydrogens is 421 g/mol. The van der Waals surface area contributed by atoms with E-state index in [4.69, 9.17) is 16.3 Å². The van der Waals surface area contributed by atoms with E-state index in [1.165, 1.54) is 25.3 Å². The predicted octanol–water partition coefficient (Wildman–Crippen LogP) is 4.78. The molecule has 3 aromatic rings. The minimum Gasteiger partial charge on any atom is -0.488 e. The van der Waals surface area contributed by atoms with Gasteiger partial charge in [-0.05, 0) is 54.1 Å². The molecule has 0 saturated heterocycles. The molecule has 0 atom stereocenters. The summed E-state index contributed by atoms with van der Waals surface area (Å²) in [5, 5.41) is 7.07. The number of ether oxygens (including phenoxy) is 1. The summed E-state index contributed by atoms with van der Waals surface area (Å²) >= 11 is 6.07. The van der Waals surface area contributed by atoms with Crippen molar-refractivity contribution in [2.24, 2.45) is 5.10 Å². The predicted molar refractivity (Wildman–Crippen MR) is 118 cm³/mol. The molecule has 6 nitrogen and oxygen atoms in total. The minimum absolute atomic E-state index is 0.227. The quantitative estimate of drug-likeness (QED) is 0.410. The Morgan fingerprint density at radius 1 is 1.10 bits per heavy atom. The van der Waals surface area contributed by atoms with Crippen LogP contribution in [0.1, 0.15) is 28.4 Å². The van der Waals surface area contributed by atoms with Crippen LogP contribution < -0.4 is 15.5 Å². The van der Waals surface area contributed by atoms with Crippen molar-refractivity contribution in [3.63, 3.8) is 0 Å². The number of rotatable bonds is 7. The first-order valence-electron chi connectivity index (χ1n) is 9.28. The summed E-state index contributed by atoms with van der Waals surface area (Å²) < 4.78 is 18.8. The molecule has 158 valence electrons. The highest BCUT2D eigenvalue weighted by Gasteiger charge is 2.07. The number of halogens is 2. The third-order valence-electron chi connectivity index (χ3n) is 4.09. The van der Waals surface area contributed by atoms with Gasteiger partial charge in [-0.25, -0.2) is 9.82 Å². The smallest absolute Gasteiger partial charge is 0.271 e. The van der Waals surface area contributed by atoms with Gasteiger partial charge in [-0.3, -0.25) is 9.59 Å². The average molecular weight is 440 g/mol. The summed E-state index contributed by atoms with van der Waals surface area (Å²) in [5.41, 5.74) is 4.63.